The van der Waals surface area contributed by atoms with Crippen molar-refractivity contribution in [1.29, 1.82) is 0 Å². The average Bonchev–Trinajstić information content (AvgIpc) is 2.15. The maximum absolute atomic E-state index is 11.4. The van der Waals surface area contributed by atoms with Crippen molar-refractivity contribution in [2.45, 2.75) is 26.1 Å². The van der Waals surface area contributed by atoms with E-state index >= 15 is 0 Å². The van der Waals surface area contributed by atoms with Crippen molar-refractivity contribution >= 4 is 11.9 Å². The van der Waals surface area contributed by atoms with E-state index in [1.807, 2.05) is 18.7 Å². The molecule has 0 bridgehead atoms. The number of nitrogens with zero attached hydrogens (tertiary/aromatic N) is 1. The molecule has 0 saturated carbocycles. The van der Waals surface area contributed by atoms with Gasteiger partial charge >= 0.3 is 6.03 Å². The minimum absolute atomic E-state index is 0.122. The van der Waals surface area contributed by atoms with E-state index in [0.717, 1.165) is 0 Å². The van der Waals surface area contributed by atoms with E-state index in [4.69, 9.17) is 4.74 Å². The van der Waals surface area contributed by atoms with E-state index in [1.54, 1.807) is 0 Å². The molecule has 0 aromatic rings. The van der Waals surface area contributed by atoms with Crippen molar-refractivity contribution in [3.63, 3.8) is 0 Å². The van der Waals surface area contributed by atoms with Gasteiger partial charge in [-0.25, -0.2) is 4.79 Å². The summed E-state index contributed by atoms with van der Waals surface area (Å²) in [6.45, 7) is 5.60. The Morgan fingerprint density at radius 1 is 1.31 bits per heavy atom. The van der Waals surface area contributed by atoms with Crippen molar-refractivity contribution in [3.05, 3.63) is 0 Å². The SMILES string of the molecule is CNC(=O)NC(=O)CN1CC(C)OC(C)C1. The molecular formula is C10H19N3O3. The summed E-state index contributed by atoms with van der Waals surface area (Å²) >= 11 is 0. The van der Waals surface area contributed by atoms with Gasteiger partial charge in [-0.15, -0.1) is 0 Å². The first kappa shape index (κ1) is 12.9. The van der Waals surface area contributed by atoms with Crippen LogP contribution in [0.1, 0.15) is 13.8 Å². The summed E-state index contributed by atoms with van der Waals surface area (Å²) < 4.78 is 5.55. The summed E-state index contributed by atoms with van der Waals surface area (Å²) in [6.07, 6.45) is 0.244. The Labute approximate surface area is 95.3 Å². The number of carbonyl (C=O) groups excluding carboxylic acids is 2. The highest BCUT2D eigenvalue weighted by Gasteiger charge is 2.23. The van der Waals surface area contributed by atoms with E-state index in [0.29, 0.717) is 13.1 Å². The summed E-state index contributed by atoms with van der Waals surface area (Å²) in [5, 5.41) is 4.57. The maximum Gasteiger partial charge on any atom is 0.321 e. The van der Waals surface area contributed by atoms with Crippen LogP contribution in [0.15, 0.2) is 0 Å². The zero-order valence-corrected chi connectivity index (χ0v) is 9.95. The molecule has 2 atom stereocenters. The lowest BCUT2D eigenvalue weighted by Gasteiger charge is -2.34. The van der Waals surface area contributed by atoms with Gasteiger partial charge in [-0.2, -0.15) is 0 Å². The molecule has 16 heavy (non-hydrogen) atoms. The number of imide groups is 1. The Hall–Kier alpha value is -1.14. The Balaban J connectivity index is 2.35. The normalized spacial score (nSPS) is 26.2. The predicted molar refractivity (Wildman–Crippen MR) is 59.0 cm³/mol. The second kappa shape index (κ2) is 5.81. The number of morpholine rings is 1. The number of rotatable bonds is 2. The van der Waals surface area contributed by atoms with Gasteiger partial charge in [0.1, 0.15) is 0 Å². The number of amides is 3. The molecular weight excluding hydrogens is 210 g/mol. The lowest BCUT2D eigenvalue weighted by molar-refractivity contribution is -0.124. The number of nitrogens with one attached hydrogen (secondary N) is 2. The van der Waals surface area contributed by atoms with Gasteiger partial charge in [0.25, 0.3) is 0 Å². The number of ether oxygens (including phenoxy) is 1. The average molecular weight is 229 g/mol. The largest absolute Gasteiger partial charge is 0.373 e. The number of hydrogen-bond donors (Lipinski definition) is 2. The lowest BCUT2D eigenvalue weighted by Crippen LogP contribution is -2.50. The predicted octanol–water partition coefficient (Wildman–Crippen LogP) is -0.449. The molecule has 6 heteroatoms. The summed E-state index contributed by atoms with van der Waals surface area (Å²) in [5.41, 5.74) is 0. The molecule has 0 spiro atoms. The summed E-state index contributed by atoms with van der Waals surface area (Å²) in [5.74, 6) is -0.291. The van der Waals surface area contributed by atoms with Gasteiger partial charge in [0.05, 0.1) is 18.8 Å². The van der Waals surface area contributed by atoms with Crippen LogP contribution < -0.4 is 10.6 Å². The number of carbonyl (C=O) groups is 2. The maximum atomic E-state index is 11.4. The number of hydrogen-bond acceptors (Lipinski definition) is 4. The minimum atomic E-state index is -0.473. The third-order valence-electron chi connectivity index (χ3n) is 2.34. The zero-order chi connectivity index (χ0) is 12.1. The summed E-state index contributed by atoms with van der Waals surface area (Å²) in [7, 11) is 1.47. The second-order valence-electron chi connectivity index (χ2n) is 4.08. The Morgan fingerprint density at radius 2 is 1.88 bits per heavy atom. The van der Waals surface area contributed by atoms with Crippen LogP contribution in [0.5, 0.6) is 0 Å². The van der Waals surface area contributed by atoms with E-state index < -0.39 is 6.03 Å². The quantitative estimate of drug-likeness (QED) is 0.673. The third kappa shape index (κ3) is 4.16. The first-order chi connectivity index (χ1) is 7.51. The van der Waals surface area contributed by atoms with Crippen LogP contribution in [-0.4, -0.2) is 55.7 Å². The Bertz CT molecular complexity index is 260. The first-order valence-corrected chi connectivity index (χ1v) is 5.40. The van der Waals surface area contributed by atoms with Gasteiger partial charge in [-0.05, 0) is 13.8 Å². The molecule has 1 saturated heterocycles. The molecule has 0 aromatic heterocycles. The van der Waals surface area contributed by atoms with Crippen LogP contribution in [0.2, 0.25) is 0 Å². The van der Waals surface area contributed by atoms with Crippen molar-refractivity contribution < 1.29 is 14.3 Å². The Kier molecular flexibility index (Phi) is 4.70. The van der Waals surface area contributed by atoms with Crippen molar-refractivity contribution in [1.82, 2.24) is 15.5 Å². The molecule has 1 aliphatic rings. The van der Waals surface area contributed by atoms with Gasteiger partial charge in [0.15, 0.2) is 0 Å². The fraction of sp³-hybridized carbons (Fsp3) is 0.800. The van der Waals surface area contributed by atoms with E-state index in [-0.39, 0.29) is 24.7 Å². The van der Waals surface area contributed by atoms with Crippen LogP contribution in [-0.2, 0) is 9.53 Å². The topological polar surface area (TPSA) is 70.7 Å². The monoisotopic (exact) mass is 229 g/mol. The first-order valence-electron chi connectivity index (χ1n) is 5.40. The standard InChI is InChI=1S/C10H19N3O3/c1-7-4-13(5-8(2)16-7)6-9(14)12-10(15)11-3/h7-8H,4-6H2,1-3H3,(H2,11,12,14,15). The minimum Gasteiger partial charge on any atom is -0.373 e. The van der Waals surface area contributed by atoms with E-state index in [1.165, 1.54) is 7.05 Å². The molecule has 3 amide bonds. The smallest absolute Gasteiger partial charge is 0.321 e. The molecule has 1 aliphatic heterocycles. The van der Waals surface area contributed by atoms with E-state index in [2.05, 4.69) is 10.6 Å². The fourth-order valence-corrected chi connectivity index (χ4v) is 1.85. The molecule has 6 nitrogen and oxygen atoms in total. The number of urea groups is 1. The molecule has 1 rings (SSSR count). The van der Waals surface area contributed by atoms with Gasteiger partial charge in [-0.3, -0.25) is 15.0 Å². The second-order valence-corrected chi connectivity index (χ2v) is 4.08. The van der Waals surface area contributed by atoms with Crippen molar-refractivity contribution in [2.24, 2.45) is 0 Å². The summed E-state index contributed by atoms with van der Waals surface area (Å²) in [6, 6.07) is -0.473. The summed E-state index contributed by atoms with van der Waals surface area (Å²) in [4.78, 5) is 24.3. The highest BCUT2D eigenvalue weighted by Crippen LogP contribution is 2.09. The highest BCUT2D eigenvalue weighted by molar-refractivity contribution is 5.95. The van der Waals surface area contributed by atoms with Gasteiger partial charge in [0.2, 0.25) is 5.91 Å². The molecule has 92 valence electrons. The van der Waals surface area contributed by atoms with Crippen molar-refractivity contribution in [3.8, 4) is 0 Å². The fourth-order valence-electron chi connectivity index (χ4n) is 1.85. The van der Waals surface area contributed by atoms with Gasteiger partial charge in [0, 0.05) is 20.1 Å². The van der Waals surface area contributed by atoms with Crippen molar-refractivity contribution in [2.75, 3.05) is 26.7 Å². The van der Waals surface area contributed by atoms with Gasteiger partial charge in [-0.1, -0.05) is 0 Å². The molecule has 0 aromatic carbocycles. The van der Waals surface area contributed by atoms with Crippen LogP contribution in [0.25, 0.3) is 0 Å². The lowest BCUT2D eigenvalue weighted by atomic mass is 10.2. The molecule has 0 radical (unpaired) electrons. The van der Waals surface area contributed by atoms with Gasteiger partial charge < -0.3 is 10.1 Å². The van der Waals surface area contributed by atoms with E-state index in [9.17, 15) is 9.59 Å². The Morgan fingerprint density at radius 3 is 2.38 bits per heavy atom. The van der Waals surface area contributed by atoms with Crippen LogP contribution in [0.4, 0.5) is 4.79 Å². The van der Waals surface area contributed by atoms with Crippen LogP contribution in [0.3, 0.4) is 0 Å². The van der Waals surface area contributed by atoms with Crippen LogP contribution in [0, 0.1) is 0 Å². The molecule has 1 fully saturated rings. The molecule has 0 aliphatic carbocycles. The third-order valence-corrected chi connectivity index (χ3v) is 2.34. The molecule has 1 heterocycles. The molecule has 2 unspecified atom stereocenters. The highest BCUT2D eigenvalue weighted by atomic mass is 16.5. The zero-order valence-electron chi connectivity index (χ0n) is 9.95. The molecule has 2 N–H and O–H groups in total. The van der Waals surface area contributed by atoms with Crippen LogP contribution >= 0.6 is 0 Å².